The van der Waals surface area contributed by atoms with Gasteiger partial charge in [-0.3, -0.25) is 4.79 Å². The summed E-state index contributed by atoms with van der Waals surface area (Å²) >= 11 is 1.57. The minimum Gasteiger partial charge on any atom is -0.480 e. The van der Waals surface area contributed by atoms with Gasteiger partial charge in [0.15, 0.2) is 0 Å². The van der Waals surface area contributed by atoms with Crippen molar-refractivity contribution >= 4 is 17.3 Å². The van der Waals surface area contributed by atoms with Crippen molar-refractivity contribution in [2.75, 3.05) is 0 Å². The first kappa shape index (κ1) is 12.8. The molecule has 0 fully saturated rings. The molecular weight excluding hydrogens is 246 g/mol. The first-order valence-corrected chi connectivity index (χ1v) is 6.62. The molecule has 1 aromatic carbocycles. The molecule has 2 rings (SSSR count). The van der Waals surface area contributed by atoms with E-state index in [1.54, 1.807) is 11.3 Å². The third-order valence-corrected chi connectivity index (χ3v) is 3.78. The Balaban J connectivity index is 2.11. The SMILES string of the molecule is N[C@@H](Cc1sccc1Cc1ccccc1)C(=O)O. The average molecular weight is 261 g/mol. The zero-order valence-corrected chi connectivity index (χ0v) is 10.7. The Labute approximate surface area is 110 Å². The first-order valence-electron chi connectivity index (χ1n) is 5.74. The van der Waals surface area contributed by atoms with Gasteiger partial charge in [-0.25, -0.2) is 0 Å². The molecule has 0 unspecified atom stereocenters. The molecule has 2 aromatic rings. The number of rotatable bonds is 5. The molecule has 0 aliphatic heterocycles. The summed E-state index contributed by atoms with van der Waals surface area (Å²) < 4.78 is 0. The van der Waals surface area contributed by atoms with Crippen LogP contribution >= 0.6 is 11.3 Å². The molecule has 1 atom stereocenters. The summed E-state index contributed by atoms with van der Waals surface area (Å²) in [6.45, 7) is 0. The van der Waals surface area contributed by atoms with E-state index < -0.39 is 12.0 Å². The van der Waals surface area contributed by atoms with Crippen molar-refractivity contribution in [1.82, 2.24) is 0 Å². The minimum absolute atomic E-state index is 0.398. The van der Waals surface area contributed by atoms with Crippen LogP contribution in [0.15, 0.2) is 41.8 Å². The van der Waals surface area contributed by atoms with Gasteiger partial charge in [0.25, 0.3) is 0 Å². The molecule has 3 N–H and O–H groups in total. The highest BCUT2D eigenvalue weighted by Gasteiger charge is 2.15. The Bertz CT molecular complexity index is 522. The van der Waals surface area contributed by atoms with Crippen LogP contribution in [-0.2, 0) is 17.6 Å². The number of nitrogens with two attached hydrogens (primary N) is 1. The lowest BCUT2D eigenvalue weighted by molar-refractivity contribution is -0.138. The molecule has 18 heavy (non-hydrogen) atoms. The molecule has 0 saturated heterocycles. The van der Waals surface area contributed by atoms with Crippen molar-refractivity contribution in [2.45, 2.75) is 18.9 Å². The van der Waals surface area contributed by atoms with Gasteiger partial charge < -0.3 is 10.8 Å². The third-order valence-electron chi connectivity index (χ3n) is 2.80. The lowest BCUT2D eigenvalue weighted by Gasteiger charge is -2.07. The summed E-state index contributed by atoms with van der Waals surface area (Å²) in [5.74, 6) is -0.950. The Kier molecular flexibility index (Phi) is 4.12. The van der Waals surface area contributed by atoms with E-state index in [0.29, 0.717) is 6.42 Å². The summed E-state index contributed by atoms with van der Waals surface area (Å²) in [7, 11) is 0. The molecule has 0 aliphatic carbocycles. The van der Waals surface area contributed by atoms with Crippen molar-refractivity contribution in [1.29, 1.82) is 0 Å². The summed E-state index contributed by atoms with van der Waals surface area (Å²) in [5, 5.41) is 10.8. The van der Waals surface area contributed by atoms with E-state index in [0.717, 1.165) is 11.3 Å². The maximum atomic E-state index is 10.8. The van der Waals surface area contributed by atoms with Crippen LogP contribution in [0.1, 0.15) is 16.0 Å². The van der Waals surface area contributed by atoms with Gasteiger partial charge in [0.05, 0.1) is 0 Å². The fourth-order valence-corrected chi connectivity index (χ4v) is 2.77. The predicted molar refractivity (Wildman–Crippen MR) is 72.9 cm³/mol. The molecule has 0 amide bonds. The van der Waals surface area contributed by atoms with E-state index in [4.69, 9.17) is 10.8 Å². The monoisotopic (exact) mass is 261 g/mol. The van der Waals surface area contributed by atoms with Gasteiger partial charge in [0.2, 0.25) is 0 Å². The molecule has 0 saturated carbocycles. The van der Waals surface area contributed by atoms with Crippen LogP contribution < -0.4 is 5.73 Å². The molecule has 1 aromatic heterocycles. The molecular formula is C14H15NO2S. The average Bonchev–Trinajstić information content (AvgIpc) is 2.78. The quantitative estimate of drug-likeness (QED) is 0.868. The largest absolute Gasteiger partial charge is 0.480 e. The fraction of sp³-hybridized carbons (Fsp3) is 0.214. The van der Waals surface area contributed by atoms with Gasteiger partial charge >= 0.3 is 5.97 Å². The number of benzene rings is 1. The van der Waals surface area contributed by atoms with Gasteiger partial charge in [0.1, 0.15) is 6.04 Å². The fourth-order valence-electron chi connectivity index (χ4n) is 1.81. The lowest BCUT2D eigenvalue weighted by Crippen LogP contribution is -2.32. The zero-order valence-electron chi connectivity index (χ0n) is 9.87. The summed E-state index contributed by atoms with van der Waals surface area (Å²) in [4.78, 5) is 11.8. The second-order valence-electron chi connectivity index (χ2n) is 4.18. The maximum absolute atomic E-state index is 10.8. The number of hydrogen-bond acceptors (Lipinski definition) is 3. The van der Waals surface area contributed by atoms with E-state index >= 15 is 0 Å². The van der Waals surface area contributed by atoms with Crippen LogP contribution in [0.4, 0.5) is 0 Å². The second kappa shape index (κ2) is 5.80. The van der Waals surface area contributed by atoms with Crippen molar-refractivity contribution in [3.05, 3.63) is 57.8 Å². The summed E-state index contributed by atoms with van der Waals surface area (Å²) in [6.07, 6.45) is 1.22. The van der Waals surface area contributed by atoms with Crippen LogP contribution in [0.2, 0.25) is 0 Å². The van der Waals surface area contributed by atoms with Crippen molar-refractivity contribution in [2.24, 2.45) is 5.73 Å². The second-order valence-corrected chi connectivity index (χ2v) is 5.18. The van der Waals surface area contributed by atoms with Crippen molar-refractivity contribution in [3.63, 3.8) is 0 Å². The molecule has 94 valence electrons. The number of carbonyl (C=O) groups is 1. The van der Waals surface area contributed by atoms with E-state index in [9.17, 15) is 4.79 Å². The Morgan fingerprint density at radius 2 is 2.00 bits per heavy atom. The number of carboxylic acids is 1. The number of thiophene rings is 1. The van der Waals surface area contributed by atoms with Crippen molar-refractivity contribution in [3.8, 4) is 0 Å². The summed E-state index contributed by atoms with van der Waals surface area (Å²) in [5.41, 5.74) is 7.97. The van der Waals surface area contributed by atoms with E-state index in [2.05, 4.69) is 12.1 Å². The smallest absolute Gasteiger partial charge is 0.320 e. The van der Waals surface area contributed by atoms with Crippen molar-refractivity contribution < 1.29 is 9.90 Å². The highest BCUT2D eigenvalue weighted by molar-refractivity contribution is 7.10. The van der Waals surface area contributed by atoms with Gasteiger partial charge in [-0.15, -0.1) is 11.3 Å². The van der Waals surface area contributed by atoms with Gasteiger partial charge in [-0.1, -0.05) is 30.3 Å². The first-order chi connectivity index (χ1) is 8.66. The molecule has 0 aliphatic rings. The highest BCUT2D eigenvalue weighted by atomic mass is 32.1. The third kappa shape index (κ3) is 3.18. The predicted octanol–water partition coefficient (Wildman–Crippen LogP) is 2.29. The van der Waals surface area contributed by atoms with Crippen LogP contribution in [-0.4, -0.2) is 17.1 Å². The molecule has 0 radical (unpaired) electrons. The number of hydrogen-bond donors (Lipinski definition) is 2. The Hall–Kier alpha value is -1.65. The molecule has 0 bridgehead atoms. The van der Waals surface area contributed by atoms with Crippen LogP contribution in [0.25, 0.3) is 0 Å². The Morgan fingerprint density at radius 3 is 2.67 bits per heavy atom. The summed E-state index contributed by atoms with van der Waals surface area (Å²) in [6, 6.07) is 11.4. The molecule has 3 nitrogen and oxygen atoms in total. The van der Waals surface area contributed by atoms with Crippen LogP contribution in [0, 0.1) is 0 Å². The number of aliphatic carboxylic acids is 1. The topological polar surface area (TPSA) is 63.3 Å². The lowest BCUT2D eigenvalue weighted by atomic mass is 10.0. The van der Waals surface area contributed by atoms with E-state index in [1.165, 1.54) is 11.1 Å². The Morgan fingerprint density at radius 1 is 1.28 bits per heavy atom. The number of carboxylic acid groups (broad SMARTS) is 1. The molecule has 0 spiro atoms. The van der Waals surface area contributed by atoms with Gasteiger partial charge in [-0.2, -0.15) is 0 Å². The van der Waals surface area contributed by atoms with E-state index in [-0.39, 0.29) is 0 Å². The highest BCUT2D eigenvalue weighted by Crippen LogP contribution is 2.21. The normalized spacial score (nSPS) is 12.3. The van der Waals surface area contributed by atoms with Gasteiger partial charge in [-0.05, 0) is 29.0 Å². The van der Waals surface area contributed by atoms with Gasteiger partial charge in [0, 0.05) is 11.3 Å². The van der Waals surface area contributed by atoms with Crippen LogP contribution in [0.5, 0.6) is 0 Å². The van der Waals surface area contributed by atoms with E-state index in [1.807, 2.05) is 29.6 Å². The maximum Gasteiger partial charge on any atom is 0.320 e. The van der Waals surface area contributed by atoms with Crippen LogP contribution in [0.3, 0.4) is 0 Å². The zero-order chi connectivity index (χ0) is 13.0. The standard InChI is InChI=1S/C14H15NO2S/c15-12(14(16)17)9-13-11(6-7-18-13)8-10-4-2-1-3-5-10/h1-7,12H,8-9,15H2,(H,16,17)/t12-/m0/s1. The molecule has 4 heteroatoms. The molecule has 1 heterocycles. The minimum atomic E-state index is -0.950.